The molecular weight excluding hydrogens is 545 g/mol. The van der Waals surface area contributed by atoms with Crippen LogP contribution in [0.15, 0.2) is 71.9 Å². The summed E-state index contributed by atoms with van der Waals surface area (Å²) in [7, 11) is 0. The van der Waals surface area contributed by atoms with Crippen molar-refractivity contribution in [2.45, 2.75) is 59.9 Å². The maximum absolute atomic E-state index is 14.0. The number of oxime groups is 1. The van der Waals surface area contributed by atoms with Crippen LogP contribution in [-0.4, -0.2) is 52.6 Å². The summed E-state index contributed by atoms with van der Waals surface area (Å²) in [5, 5.41) is 5.20. The zero-order chi connectivity index (χ0) is 30.9. The van der Waals surface area contributed by atoms with Crippen molar-refractivity contribution in [2.75, 3.05) is 19.8 Å². The molecule has 0 saturated heterocycles. The summed E-state index contributed by atoms with van der Waals surface area (Å²) in [5.74, 6) is -0.285. The first-order valence-electron chi connectivity index (χ1n) is 15.2. The van der Waals surface area contributed by atoms with Gasteiger partial charge in [-0.15, -0.1) is 0 Å². The molecule has 0 aliphatic heterocycles. The summed E-state index contributed by atoms with van der Waals surface area (Å²) in [5.41, 5.74) is 2.76. The van der Waals surface area contributed by atoms with Gasteiger partial charge in [0, 0.05) is 58.1 Å². The van der Waals surface area contributed by atoms with Crippen molar-refractivity contribution in [3.05, 3.63) is 83.4 Å². The topological polar surface area (TPSA) is 81.0 Å². The number of unbranched alkanes of at least 4 members (excludes halogenated alkanes) is 1. The number of alkyl halides is 1. The van der Waals surface area contributed by atoms with E-state index in [9.17, 15) is 18.8 Å². The van der Waals surface area contributed by atoms with Gasteiger partial charge in [0.2, 0.25) is 5.78 Å². The van der Waals surface area contributed by atoms with Gasteiger partial charge in [0.05, 0.1) is 0 Å². The van der Waals surface area contributed by atoms with Crippen molar-refractivity contribution in [2.24, 2.45) is 11.1 Å². The molecule has 1 unspecified atom stereocenters. The van der Waals surface area contributed by atoms with Crippen molar-refractivity contribution in [1.82, 2.24) is 9.47 Å². The molecule has 7 nitrogen and oxygen atoms in total. The van der Waals surface area contributed by atoms with Crippen molar-refractivity contribution in [1.29, 1.82) is 0 Å². The highest BCUT2D eigenvalue weighted by Gasteiger charge is 2.21. The van der Waals surface area contributed by atoms with E-state index in [4.69, 9.17) is 4.84 Å². The van der Waals surface area contributed by atoms with E-state index in [0.29, 0.717) is 30.1 Å². The standard InChI is InChI=1S/C35H40FN3O4/c1-5-9-13-24(6-2)23-39-31-18-16-26(33(40)25-14-11-10-12-15-25)20-28(31)29-21-27(17-19-32(29)39)34(41)30(22-36)37-43-35(42)38(7-3)8-4/h10-12,14-21,24H,5-9,13,22-23H2,1-4H3/b37-30+. The molecule has 4 rings (SSSR count). The Balaban J connectivity index is 1.80. The largest absolute Gasteiger partial charge is 0.435 e. The Bertz CT molecular complexity index is 1620. The average molecular weight is 586 g/mol. The van der Waals surface area contributed by atoms with Gasteiger partial charge in [-0.1, -0.05) is 68.6 Å². The third-order valence-electron chi connectivity index (χ3n) is 8.05. The lowest BCUT2D eigenvalue weighted by molar-refractivity contribution is 0.101. The SMILES string of the molecule is CCCCC(CC)Cn1c2ccc(C(=O)/C(CF)=N/OC(=O)N(CC)CC)cc2c2cc(C(=O)c3ccccc3)ccc21. The Kier molecular flexibility index (Phi) is 10.8. The van der Waals surface area contributed by atoms with Gasteiger partial charge in [-0.2, -0.15) is 0 Å². The molecule has 43 heavy (non-hydrogen) atoms. The van der Waals surface area contributed by atoms with Crippen molar-refractivity contribution in [3.8, 4) is 0 Å². The molecule has 8 heteroatoms. The molecule has 0 bridgehead atoms. The third-order valence-corrected chi connectivity index (χ3v) is 8.05. The van der Waals surface area contributed by atoms with Crippen LogP contribution >= 0.6 is 0 Å². The number of Topliss-reactive ketones (excluding diaryl/α,β-unsaturated/α-hetero) is 1. The first kappa shape index (κ1) is 31.6. The number of hydrogen-bond acceptors (Lipinski definition) is 5. The van der Waals surface area contributed by atoms with Crippen LogP contribution in [0.4, 0.5) is 9.18 Å². The number of halogens is 1. The Morgan fingerprint density at radius 3 is 2.07 bits per heavy atom. The van der Waals surface area contributed by atoms with E-state index in [2.05, 4.69) is 23.6 Å². The number of amides is 1. The Labute approximate surface area is 252 Å². The Hall–Kier alpha value is -4.33. The number of carbonyl (C=O) groups excluding carboxylic acids is 3. The number of benzene rings is 3. The fourth-order valence-corrected chi connectivity index (χ4v) is 5.44. The third kappa shape index (κ3) is 7.01. The summed E-state index contributed by atoms with van der Waals surface area (Å²) in [6, 6.07) is 20.1. The maximum Gasteiger partial charge on any atom is 0.435 e. The zero-order valence-electron chi connectivity index (χ0n) is 25.4. The van der Waals surface area contributed by atoms with E-state index in [1.807, 2.05) is 42.5 Å². The highest BCUT2D eigenvalue weighted by atomic mass is 19.1. The Morgan fingerprint density at radius 2 is 1.49 bits per heavy atom. The lowest BCUT2D eigenvalue weighted by atomic mass is 9.99. The van der Waals surface area contributed by atoms with Crippen molar-refractivity contribution in [3.63, 3.8) is 0 Å². The predicted octanol–water partition coefficient (Wildman–Crippen LogP) is 8.23. The molecule has 0 aliphatic rings. The number of aromatic nitrogens is 1. The lowest BCUT2D eigenvalue weighted by Gasteiger charge is -2.17. The van der Waals surface area contributed by atoms with Gasteiger partial charge in [0.15, 0.2) is 11.5 Å². The fourth-order valence-electron chi connectivity index (χ4n) is 5.44. The normalized spacial score (nSPS) is 12.4. The second kappa shape index (κ2) is 14.7. The summed E-state index contributed by atoms with van der Waals surface area (Å²) >= 11 is 0. The van der Waals surface area contributed by atoms with Gasteiger partial charge in [-0.25, -0.2) is 9.18 Å². The molecule has 226 valence electrons. The summed E-state index contributed by atoms with van der Waals surface area (Å²) in [4.78, 5) is 45.2. The molecule has 0 spiro atoms. The van der Waals surface area contributed by atoms with Gasteiger partial charge in [-0.3, -0.25) is 14.4 Å². The number of nitrogens with zero attached hydrogens (tertiary/aromatic N) is 3. The highest BCUT2D eigenvalue weighted by molar-refractivity contribution is 6.46. The fraction of sp³-hybridized carbons (Fsp3) is 0.371. The van der Waals surface area contributed by atoms with Gasteiger partial charge in [0.25, 0.3) is 0 Å². The smallest absolute Gasteiger partial charge is 0.340 e. The molecule has 0 N–H and O–H groups in total. The van der Waals surface area contributed by atoms with E-state index in [1.54, 1.807) is 38.1 Å². The maximum atomic E-state index is 14.0. The summed E-state index contributed by atoms with van der Waals surface area (Å²) < 4.78 is 16.2. The monoisotopic (exact) mass is 585 g/mol. The zero-order valence-corrected chi connectivity index (χ0v) is 25.4. The average Bonchev–Trinajstić information content (AvgIpc) is 3.35. The summed E-state index contributed by atoms with van der Waals surface area (Å²) in [6.45, 7) is 8.37. The van der Waals surface area contributed by atoms with Crippen molar-refractivity contribution >= 4 is 45.2 Å². The van der Waals surface area contributed by atoms with E-state index < -0.39 is 24.3 Å². The minimum Gasteiger partial charge on any atom is -0.340 e. The lowest BCUT2D eigenvalue weighted by Crippen LogP contribution is -2.30. The molecule has 0 fully saturated rings. The van der Waals surface area contributed by atoms with E-state index in [1.165, 1.54) is 4.90 Å². The molecular formula is C35H40FN3O4. The van der Waals surface area contributed by atoms with Crippen LogP contribution in [0.1, 0.15) is 79.7 Å². The number of ketones is 2. The number of carbonyl (C=O) groups is 3. The minimum atomic E-state index is -1.19. The van der Waals surface area contributed by atoms with Crippen LogP contribution in [0, 0.1) is 5.92 Å². The van der Waals surface area contributed by atoms with Crippen LogP contribution in [0.2, 0.25) is 0 Å². The van der Waals surface area contributed by atoms with Crippen LogP contribution in [0.5, 0.6) is 0 Å². The van der Waals surface area contributed by atoms with E-state index >= 15 is 0 Å². The molecule has 0 aliphatic carbocycles. The molecule has 3 aromatic carbocycles. The number of rotatable bonds is 14. The molecule has 0 saturated carbocycles. The van der Waals surface area contributed by atoms with Crippen molar-refractivity contribution < 1.29 is 23.6 Å². The van der Waals surface area contributed by atoms with Gasteiger partial charge in [-0.05, 0) is 62.6 Å². The minimum absolute atomic E-state index is 0.0909. The van der Waals surface area contributed by atoms with Gasteiger partial charge in [0.1, 0.15) is 6.67 Å². The molecule has 1 atom stereocenters. The number of fused-ring (bicyclic) bond motifs is 3. The Morgan fingerprint density at radius 1 is 0.860 bits per heavy atom. The second-order valence-corrected chi connectivity index (χ2v) is 10.7. The van der Waals surface area contributed by atoms with E-state index in [-0.39, 0.29) is 11.3 Å². The van der Waals surface area contributed by atoms with Crippen LogP contribution in [-0.2, 0) is 11.4 Å². The quantitative estimate of drug-likeness (QED) is 0.0646. The van der Waals surface area contributed by atoms with Gasteiger partial charge >= 0.3 is 6.09 Å². The highest BCUT2D eigenvalue weighted by Crippen LogP contribution is 2.33. The first-order valence-corrected chi connectivity index (χ1v) is 15.2. The predicted molar refractivity (Wildman–Crippen MR) is 170 cm³/mol. The number of hydrogen-bond donors (Lipinski definition) is 0. The van der Waals surface area contributed by atoms with Gasteiger partial charge < -0.3 is 9.47 Å². The summed E-state index contributed by atoms with van der Waals surface area (Å²) in [6.07, 6.45) is 3.67. The van der Waals surface area contributed by atoms with Crippen LogP contribution < -0.4 is 0 Å². The van der Waals surface area contributed by atoms with Crippen LogP contribution in [0.25, 0.3) is 21.8 Å². The second-order valence-electron chi connectivity index (χ2n) is 10.7. The molecule has 4 aromatic rings. The molecule has 1 aromatic heterocycles. The van der Waals surface area contributed by atoms with E-state index in [0.717, 1.165) is 54.0 Å². The molecule has 1 heterocycles. The molecule has 1 amide bonds. The van der Waals surface area contributed by atoms with Crippen LogP contribution in [0.3, 0.4) is 0 Å². The molecule has 0 radical (unpaired) electrons. The first-order chi connectivity index (χ1) is 20.9.